The monoisotopic (exact) mass is 431 g/mol. The Morgan fingerprint density at radius 2 is 2.34 bits per heavy atom. The zero-order valence-electron chi connectivity index (χ0n) is 14.8. The van der Waals surface area contributed by atoms with Crippen molar-refractivity contribution >= 4 is 41.0 Å². The maximum Gasteiger partial charge on any atom is 0.293 e. The van der Waals surface area contributed by atoms with Crippen molar-refractivity contribution in [3.63, 3.8) is 0 Å². The lowest BCUT2D eigenvalue weighted by molar-refractivity contribution is 0.0949. The molecule has 3 N–H and O–H groups in total. The van der Waals surface area contributed by atoms with Crippen LogP contribution in [0.4, 0.5) is 5.82 Å². The zero-order valence-corrected chi connectivity index (χ0v) is 16.5. The van der Waals surface area contributed by atoms with Crippen molar-refractivity contribution in [3.05, 3.63) is 40.1 Å². The van der Waals surface area contributed by atoms with Gasteiger partial charge in [-0.2, -0.15) is 9.78 Å². The zero-order chi connectivity index (χ0) is 20.2. The smallest absolute Gasteiger partial charge is 0.293 e. The molecule has 0 aliphatic carbocycles. The molecule has 1 amide bonds. The number of thiophene rings is 1. The summed E-state index contributed by atoms with van der Waals surface area (Å²) in [5.41, 5.74) is 8.69. The van der Waals surface area contributed by atoms with Gasteiger partial charge in [-0.25, -0.2) is 10.1 Å². The number of hydrogen-bond donors (Lipinski definition) is 2. The molecule has 4 aromatic rings. The summed E-state index contributed by atoms with van der Waals surface area (Å²) in [7, 11) is 1.81. The Morgan fingerprint density at radius 3 is 3.03 bits per heavy atom. The Labute approximate surface area is 171 Å². The van der Waals surface area contributed by atoms with Gasteiger partial charge in [0.1, 0.15) is 6.33 Å². The Balaban J connectivity index is 1.60. The average Bonchev–Trinajstić information content (AvgIpc) is 3.48. The summed E-state index contributed by atoms with van der Waals surface area (Å²) >= 11 is 2.83. The molecule has 0 bridgehead atoms. The Kier molecular flexibility index (Phi) is 5.30. The number of thioether (sulfide) groups is 1. The SMILES string of the molecule is Cn1cnnc1SCc1c(C(=O)N/N=C/c2cccs2)nnn1-c1nonc1N. The van der Waals surface area contributed by atoms with Crippen molar-refractivity contribution in [2.75, 3.05) is 5.73 Å². The molecule has 15 heteroatoms. The van der Waals surface area contributed by atoms with E-state index in [1.165, 1.54) is 27.8 Å². The highest BCUT2D eigenvalue weighted by molar-refractivity contribution is 7.98. The largest absolute Gasteiger partial charge is 0.378 e. The second-order valence-corrected chi connectivity index (χ2v) is 7.42. The van der Waals surface area contributed by atoms with Gasteiger partial charge < -0.3 is 10.3 Å². The fourth-order valence-corrected chi connectivity index (χ4v) is 3.69. The minimum Gasteiger partial charge on any atom is -0.378 e. The van der Waals surface area contributed by atoms with Crippen LogP contribution in [0.5, 0.6) is 0 Å². The van der Waals surface area contributed by atoms with E-state index in [1.54, 1.807) is 17.1 Å². The molecule has 0 radical (unpaired) electrons. The number of nitrogens with zero attached hydrogens (tertiary/aromatic N) is 9. The normalized spacial score (nSPS) is 11.3. The molecule has 0 aliphatic rings. The summed E-state index contributed by atoms with van der Waals surface area (Å²) in [4.78, 5) is 13.5. The van der Waals surface area contributed by atoms with Crippen LogP contribution in [0.3, 0.4) is 0 Å². The van der Waals surface area contributed by atoms with Crippen LogP contribution >= 0.6 is 23.1 Å². The molecule has 0 unspecified atom stereocenters. The van der Waals surface area contributed by atoms with E-state index < -0.39 is 5.91 Å². The molecule has 4 heterocycles. The number of aromatic nitrogens is 8. The van der Waals surface area contributed by atoms with Gasteiger partial charge in [0.15, 0.2) is 10.9 Å². The fraction of sp³-hybridized carbons (Fsp3) is 0.143. The van der Waals surface area contributed by atoms with Crippen LogP contribution in [0.1, 0.15) is 21.1 Å². The second kappa shape index (κ2) is 8.19. The number of nitrogens with two attached hydrogens (primary N) is 1. The Morgan fingerprint density at radius 1 is 1.45 bits per heavy atom. The quantitative estimate of drug-likeness (QED) is 0.238. The summed E-state index contributed by atoms with van der Waals surface area (Å²) in [6, 6.07) is 3.76. The van der Waals surface area contributed by atoms with Gasteiger partial charge in [0.25, 0.3) is 5.91 Å². The molecule has 4 rings (SSSR count). The first-order valence-electron chi connectivity index (χ1n) is 8.00. The van der Waals surface area contributed by atoms with Crippen molar-refractivity contribution in [2.45, 2.75) is 10.9 Å². The highest BCUT2D eigenvalue weighted by atomic mass is 32.2. The number of amides is 1. The maximum atomic E-state index is 12.6. The molecule has 0 saturated heterocycles. The number of nitrogens with one attached hydrogen (secondary N) is 1. The van der Waals surface area contributed by atoms with Crippen LogP contribution in [-0.4, -0.2) is 52.2 Å². The lowest BCUT2D eigenvalue weighted by Crippen LogP contribution is -2.20. The number of carbonyl (C=O) groups is 1. The number of anilines is 1. The van der Waals surface area contributed by atoms with Crippen molar-refractivity contribution in [1.82, 2.24) is 45.5 Å². The summed E-state index contributed by atoms with van der Waals surface area (Å²) in [5, 5.41) is 29.5. The summed E-state index contributed by atoms with van der Waals surface area (Å²) in [6.45, 7) is 0. The van der Waals surface area contributed by atoms with E-state index in [9.17, 15) is 4.79 Å². The lowest BCUT2D eigenvalue weighted by atomic mass is 10.3. The minimum absolute atomic E-state index is 0.0162. The van der Waals surface area contributed by atoms with Gasteiger partial charge in [0, 0.05) is 17.7 Å². The average molecular weight is 431 g/mol. The van der Waals surface area contributed by atoms with Crippen LogP contribution in [0.15, 0.2) is 38.7 Å². The Bertz CT molecular complexity index is 1140. The molecular weight excluding hydrogens is 418 g/mol. The molecule has 0 aromatic carbocycles. The molecule has 0 spiro atoms. The van der Waals surface area contributed by atoms with Crippen LogP contribution in [-0.2, 0) is 12.8 Å². The van der Waals surface area contributed by atoms with E-state index in [2.05, 4.69) is 46.0 Å². The standard InChI is InChI=1S/C14H13N11O2S2/c1-24-7-17-20-14(24)29-6-9-10(13(26)19-16-5-8-3-2-4-28-8)18-23-25(9)12-11(15)21-27-22-12/h2-5,7H,6H2,1H3,(H2,15,21)(H,19,26)/b16-5+. The third-order valence-corrected chi connectivity index (χ3v) is 5.44. The predicted molar refractivity (Wildman–Crippen MR) is 104 cm³/mol. The van der Waals surface area contributed by atoms with Crippen LogP contribution in [0.2, 0.25) is 0 Å². The molecule has 0 atom stereocenters. The number of rotatable bonds is 7. The molecular formula is C14H13N11O2S2. The first kappa shape index (κ1) is 18.8. The van der Waals surface area contributed by atoms with Gasteiger partial charge >= 0.3 is 0 Å². The van der Waals surface area contributed by atoms with E-state index in [1.807, 2.05) is 24.6 Å². The van der Waals surface area contributed by atoms with Crippen LogP contribution in [0, 0.1) is 0 Å². The number of aryl methyl sites for hydroxylation is 1. The summed E-state index contributed by atoms with van der Waals surface area (Å²) < 4.78 is 7.68. The first-order chi connectivity index (χ1) is 14.1. The predicted octanol–water partition coefficient (Wildman–Crippen LogP) is 0.479. The molecule has 0 aliphatic heterocycles. The first-order valence-corrected chi connectivity index (χ1v) is 9.86. The molecule has 13 nitrogen and oxygen atoms in total. The van der Waals surface area contributed by atoms with Crippen LogP contribution < -0.4 is 11.2 Å². The van der Waals surface area contributed by atoms with Gasteiger partial charge in [0.2, 0.25) is 11.6 Å². The highest BCUT2D eigenvalue weighted by Crippen LogP contribution is 2.24. The third kappa shape index (κ3) is 3.99. The number of hydrazone groups is 1. The minimum atomic E-state index is -0.535. The number of hydrogen-bond acceptors (Lipinski definition) is 12. The van der Waals surface area contributed by atoms with Gasteiger partial charge in [-0.15, -0.1) is 26.6 Å². The van der Waals surface area contributed by atoms with Gasteiger partial charge in [0.05, 0.1) is 11.9 Å². The van der Waals surface area contributed by atoms with Crippen molar-refractivity contribution in [2.24, 2.45) is 12.1 Å². The third-order valence-electron chi connectivity index (χ3n) is 3.58. The van der Waals surface area contributed by atoms with E-state index in [0.29, 0.717) is 10.9 Å². The maximum absolute atomic E-state index is 12.6. The van der Waals surface area contributed by atoms with E-state index >= 15 is 0 Å². The van der Waals surface area contributed by atoms with Crippen molar-refractivity contribution in [1.29, 1.82) is 0 Å². The van der Waals surface area contributed by atoms with Gasteiger partial charge in [-0.3, -0.25) is 4.79 Å². The van der Waals surface area contributed by atoms with E-state index in [-0.39, 0.29) is 23.1 Å². The number of nitrogen functional groups attached to an aromatic ring is 1. The molecule has 148 valence electrons. The van der Waals surface area contributed by atoms with Gasteiger partial charge in [-0.1, -0.05) is 23.0 Å². The highest BCUT2D eigenvalue weighted by Gasteiger charge is 2.24. The summed E-state index contributed by atoms with van der Waals surface area (Å²) in [5.74, 6) is -0.106. The molecule has 0 fully saturated rings. The second-order valence-electron chi connectivity index (χ2n) is 5.50. The van der Waals surface area contributed by atoms with Gasteiger partial charge in [-0.05, 0) is 21.8 Å². The molecule has 0 saturated carbocycles. The number of carbonyl (C=O) groups excluding carboxylic acids is 1. The van der Waals surface area contributed by atoms with Crippen molar-refractivity contribution in [3.8, 4) is 5.82 Å². The fourth-order valence-electron chi connectivity index (χ4n) is 2.22. The molecule has 4 aromatic heterocycles. The van der Waals surface area contributed by atoms with Crippen LogP contribution in [0.25, 0.3) is 5.82 Å². The molecule has 29 heavy (non-hydrogen) atoms. The Hall–Kier alpha value is -3.59. The summed E-state index contributed by atoms with van der Waals surface area (Å²) in [6.07, 6.45) is 3.12. The topological polar surface area (TPSA) is 168 Å². The van der Waals surface area contributed by atoms with Crippen molar-refractivity contribution < 1.29 is 9.42 Å². The lowest BCUT2D eigenvalue weighted by Gasteiger charge is -2.05. The van der Waals surface area contributed by atoms with E-state index in [4.69, 9.17) is 5.73 Å². The van der Waals surface area contributed by atoms with E-state index in [0.717, 1.165) is 4.88 Å².